The van der Waals surface area contributed by atoms with Gasteiger partial charge < -0.3 is 20.9 Å². The van der Waals surface area contributed by atoms with Gasteiger partial charge in [-0.2, -0.15) is 0 Å². The molecule has 1 saturated heterocycles. The summed E-state index contributed by atoms with van der Waals surface area (Å²) in [6.07, 6.45) is 1.87. The minimum atomic E-state index is -0.266. The minimum absolute atomic E-state index is 0.0163. The lowest BCUT2D eigenvalue weighted by Gasteiger charge is -2.29. The van der Waals surface area contributed by atoms with E-state index in [1.165, 1.54) is 11.3 Å². The maximum Gasteiger partial charge on any atom is 0.265 e. The fourth-order valence-electron chi connectivity index (χ4n) is 2.97. The van der Waals surface area contributed by atoms with Crippen LogP contribution < -0.4 is 20.9 Å². The van der Waals surface area contributed by atoms with Crippen molar-refractivity contribution >= 4 is 57.0 Å². The van der Waals surface area contributed by atoms with E-state index < -0.39 is 0 Å². The number of hydrogen-bond donors (Lipinski definition) is 3. The van der Waals surface area contributed by atoms with Gasteiger partial charge in [0, 0.05) is 24.7 Å². The van der Waals surface area contributed by atoms with Crippen molar-refractivity contribution in [3.05, 3.63) is 40.2 Å². The van der Waals surface area contributed by atoms with Crippen molar-refractivity contribution in [1.29, 1.82) is 0 Å². The Bertz CT molecular complexity index is 941. The van der Waals surface area contributed by atoms with E-state index in [0.717, 1.165) is 18.5 Å². The van der Waals surface area contributed by atoms with Gasteiger partial charge in [0.2, 0.25) is 11.8 Å². The molecule has 7 nitrogen and oxygen atoms in total. The van der Waals surface area contributed by atoms with Crippen LogP contribution in [0, 0.1) is 5.92 Å². The second-order valence-electron chi connectivity index (χ2n) is 6.82. The molecule has 0 radical (unpaired) electrons. The molecule has 2 fully saturated rings. The van der Waals surface area contributed by atoms with Gasteiger partial charge in [0.1, 0.15) is 0 Å². The Hall–Kier alpha value is -2.58. The van der Waals surface area contributed by atoms with Crippen molar-refractivity contribution in [3.63, 3.8) is 0 Å². The van der Waals surface area contributed by atoms with Crippen molar-refractivity contribution in [2.45, 2.75) is 12.8 Å². The number of carbonyl (C=O) groups excluding carboxylic acids is 3. The van der Waals surface area contributed by atoms with Gasteiger partial charge in [0.15, 0.2) is 0 Å². The van der Waals surface area contributed by atoms with Gasteiger partial charge in [0.25, 0.3) is 5.91 Å². The number of benzene rings is 1. The van der Waals surface area contributed by atoms with Crippen LogP contribution in [-0.2, 0) is 9.59 Å². The molecule has 2 heterocycles. The Morgan fingerprint density at radius 2 is 2.00 bits per heavy atom. The summed E-state index contributed by atoms with van der Waals surface area (Å²) in [6, 6.07) is 8.65. The maximum absolute atomic E-state index is 12.5. The van der Waals surface area contributed by atoms with Gasteiger partial charge >= 0.3 is 0 Å². The Labute approximate surface area is 171 Å². The summed E-state index contributed by atoms with van der Waals surface area (Å²) in [5.74, 6) is -0.173. The number of anilines is 3. The highest BCUT2D eigenvalue weighted by Crippen LogP contribution is 2.32. The number of nitrogens with one attached hydrogen (secondary N) is 3. The number of amides is 3. The molecule has 3 amide bonds. The zero-order valence-electron chi connectivity index (χ0n) is 15.0. The van der Waals surface area contributed by atoms with E-state index in [-0.39, 0.29) is 30.2 Å². The average Bonchev–Trinajstić information content (AvgIpc) is 3.41. The molecule has 0 atom stereocenters. The molecule has 146 valence electrons. The average molecular weight is 419 g/mol. The molecule has 28 heavy (non-hydrogen) atoms. The van der Waals surface area contributed by atoms with Crippen molar-refractivity contribution < 1.29 is 14.4 Å². The monoisotopic (exact) mass is 418 g/mol. The quantitative estimate of drug-likeness (QED) is 0.696. The first kappa shape index (κ1) is 18.8. The van der Waals surface area contributed by atoms with Crippen molar-refractivity contribution in [1.82, 2.24) is 5.32 Å². The fraction of sp³-hybridized carbons (Fsp3) is 0.316. The van der Waals surface area contributed by atoms with Crippen LogP contribution in [0.4, 0.5) is 16.4 Å². The fourth-order valence-corrected chi connectivity index (χ4v) is 4.08. The van der Waals surface area contributed by atoms with E-state index in [2.05, 4.69) is 16.0 Å². The molecule has 0 bridgehead atoms. The first-order valence-corrected chi connectivity index (χ1v) is 10.2. The first-order chi connectivity index (χ1) is 13.5. The Morgan fingerprint density at radius 1 is 1.18 bits per heavy atom. The van der Waals surface area contributed by atoms with Crippen LogP contribution in [0.3, 0.4) is 0 Å². The topological polar surface area (TPSA) is 90.5 Å². The third-order valence-electron chi connectivity index (χ3n) is 4.61. The van der Waals surface area contributed by atoms with E-state index in [4.69, 9.17) is 11.6 Å². The summed E-state index contributed by atoms with van der Waals surface area (Å²) in [7, 11) is 0. The number of piperazine rings is 1. The molecule has 1 aliphatic heterocycles. The van der Waals surface area contributed by atoms with Gasteiger partial charge in [-0.15, -0.1) is 11.3 Å². The molecular weight excluding hydrogens is 400 g/mol. The zero-order valence-corrected chi connectivity index (χ0v) is 16.5. The number of rotatable bonds is 5. The Morgan fingerprint density at radius 3 is 2.71 bits per heavy atom. The number of thiophene rings is 1. The van der Waals surface area contributed by atoms with Gasteiger partial charge in [-0.05, 0) is 43.2 Å². The molecule has 1 aliphatic carbocycles. The molecule has 4 rings (SSSR count). The lowest BCUT2D eigenvalue weighted by Crippen LogP contribution is -2.47. The first-order valence-electron chi connectivity index (χ1n) is 9.03. The van der Waals surface area contributed by atoms with Crippen LogP contribution in [0.5, 0.6) is 0 Å². The molecule has 9 heteroatoms. The molecule has 1 aromatic carbocycles. The lowest BCUT2D eigenvalue weighted by molar-refractivity contribution is -0.120. The van der Waals surface area contributed by atoms with E-state index in [0.29, 0.717) is 33.7 Å². The van der Waals surface area contributed by atoms with Crippen molar-refractivity contribution in [2.24, 2.45) is 5.92 Å². The predicted molar refractivity (Wildman–Crippen MR) is 110 cm³/mol. The van der Waals surface area contributed by atoms with Crippen molar-refractivity contribution in [2.75, 3.05) is 35.2 Å². The normalized spacial score (nSPS) is 16.5. The summed E-state index contributed by atoms with van der Waals surface area (Å²) < 4.78 is 0. The molecule has 1 aromatic heterocycles. The molecular formula is C19H19ClN4O3S. The smallest absolute Gasteiger partial charge is 0.265 e. The Kier molecular flexibility index (Phi) is 5.23. The van der Waals surface area contributed by atoms with Crippen LogP contribution >= 0.6 is 22.9 Å². The third-order valence-corrected chi connectivity index (χ3v) is 5.91. The van der Waals surface area contributed by atoms with E-state index in [1.54, 1.807) is 30.3 Å². The van der Waals surface area contributed by atoms with Crippen LogP contribution in [-0.4, -0.2) is 37.4 Å². The molecule has 2 aliphatic rings. The molecule has 1 saturated carbocycles. The largest absolute Gasteiger partial charge is 0.359 e. The van der Waals surface area contributed by atoms with Gasteiger partial charge in [-0.1, -0.05) is 11.6 Å². The second-order valence-corrected chi connectivity index (χ2v) is 8.31. The summed E-state index contributed by atoms with van der Waals surface area (Å²) in [6.45, 7) is 1.52. The Balaban J connectivity index is 1.40. The van der Waals surface area contributed by atoms with E-state index in [1.807, 2.05) is 4.90 Å². The molecule has 2 aromatic rings. The summed E-state index contributed by atoms with van der Waals surface area (Å²) in [5.41, 5.74) is 1.33. The van der Waals surface area contributed by atoms with E-state index in [9.17, 15) is 14.4 Å². The summed E-state index contributed by atoms with van der Waals surface area (Å²) in [5, 5.41) is 9.56. The third kappa shape index (κ3) is 4.28. The SMILES string of the molecule is O=C1CN(c2ccc(NC(=O)c3ccc(NC(=O)C4CC4)s3)cc2Cl)CCN1. The highest BCUT2D eigenvalue weighted by Gasteiger charge is 2.30. The predicted octanol–water partition coefficient (Wildman–Crippen LogP) is 2.94. The van der Waals surface area contributed by atoms with Crippen LogP contribution in [0.25, 0.3) is 0 Å². The van der Waals surface area contributed by atoms with Gasteiger partial charge in [-0.3, -0.25) is 14.4 Å². The summed E-state index contributed by atoms with van der Waals surface area (Å²) in [4.78, 5) is 38.3. The standard InChI is InChI=1S/C19H19ClN4O3S/c20-13-9-12(3-4-14(13)24-8-7-21-16(25)10-24)22-19(27)15-5-6-17(28-15)23-18(26)11-1-2-11/h3-6,9,11H,1-2,7-8,10H2,(H,21,25)(H,22,27)(H,23,26). The molecule has 3 N–H and O–H groups in total. The van der Waals surface area contributed by atoms with Crippen LogP contribution in [0.15, 0.2) is 30.3 Å². The number of nitrogens with zero attached hydrogens (tertiary/aromatic N) is 1. The van der Waals surface area contributed by atoms with Crippen molar-refractivity contribution in [3.8, 4) is 0 Å². The minimum Gasteiger partial charge on any atom is -0.359 e. The molecule has 0 spiro atoms. The van der Waals surface area contributed by atoms with Crippen LogP contribution in [0.1, 0.15) is 22.5 Å². The second kappa shape index (κ2) is 7.81. The number of hydrogen-bond acceptors (Lipinski definition) is 5. The highest BCUT2D eigenvalue weighted by molar-refractivity contribution is 7.18. The zero-order chi connectivity index (χ0) is 19.7. The van der Waals surface area contributed by atoms with Crippen LogP contribution in [0.2, 0.25) is 5.02 Å². The van der Waals surface area contributed by atoms with Gasteiger partial charge in [0.05, 0.1) is 27.1 Å². The summed E-state index contributed by atoms with van der Waals surface area (Å²) >= 11 is 7.60. The number of halogens is 1. The number of carbonyl (C=O) groups is 3. The maximum atomic E-state index is 12.5. The van der Waals surface area contributed by atoms with Gasteiger partial charge in [-0.25, -0.2) is 0 Å². The lowest BCUT2D eigenvalue weighted by atomic mass is 10.2. The van der Waals surface area contributed by atoms with E-state index >= 15 is 0 Å². The highest BCUT2D eigenvalue weighted by atomic mass is 35.5. The molecule has 0 unspecified atom stereocenters.